The minimum Gasteiger partial charge on any atom is -0.320 e. The molecule has 1 N–H and O–H groups in total. The van der Waals surface area contributed by atoms with Crippen LogP contribution in [0.15, 0.2) is 12.1 Å². The molecule has 0 spiro atoms. The summed E-state index contributed by atoms with van der Waals surface area (Å²) in [7, 11) is 0. The number of likely N-dealkylation sites (N-methyl/N-ethyl adjacent to an activating group) is 1. The summed E-state index contributed by atoms with van der Waals surface area (Å²) in [5.41, 5.74) is 3.27. The van der Waals surface area contributed by atoms with Gasteiger partial charge in [-0.1, -0.05) is 12.1 Å². The summed E-state index contributed by atoms with van der Waals surface area (Å²) in [5, 5.41) is 3.21. The molecule has 3 rings (SSSR count). The van der Waals surface area contributed by atoms with Gasteiger partial charge in [0.05, 0.1) is 26.2 Å². The van der Waals surface area contributed by atoms with Crippen molar-refractivity contribution in [1.29, 1.82) is 0 Å². The summed E-state index contributed by atoms with van der Waals surface area (Å²) >= 11 is 0. The molecule has 1 heterocycles. The molecule has 4 nitrogen and oxygen atoms in total. The molecule has 2 fully saturated rings. The molecule has 125 valence electrons. The van der Waals surface area contributed by atoms with Crippen molar-refractivity contribution in [2.75, 3.05) is 25.0 Å². The van der Waals surface area contributed by atoms with Crippen molar-refractivity contribution in [3.63, 3.8) is 0 Å². The predicted molar refractivity (Wildman–Crippen MR) is 92.5 cm³/mol. The first-order valence-electron chi connectivity index (χ1n) is 8.64. The average molecular weight is 401 g/mol. The first kappa shape index (κ1) is 19.6. The number of aryl methyl sites for hydroxylation is 2. The number of amides is 1. The van der Waals surface area contributed by atoms with Crippen molar-refractivity contribution in [1.82, 2.24) is 0 Å². The van der Waals surface area contributed by atoms with Crippen LogP contribution in [0.25, 0.3) is 4.85 Å². The monoisotopic (exact) mass is 401 g/mol. The number of anilines is 1. The van der Waals surface area contributed by atoms with Gasteiger partial charge in [-0.05, 0) is 31.9 Å². The van der Waals surface area contributed by atoms with Crippen LogP contribution in [0.1, 0.15) is 43.7 Å². The molecular weight excluding hydrogens is 375 g/mol. The third-order valence-electron chi connectivity index (χ3n) is 5.97. The zero-order chi connectivity index (χ0) is 16.7. The predicted octanol–water partition coefficient (Wildman–Crippen LogP) is 3.95. The molecule has 1 aliphatic heterocycles. The van der Waals surface area contributed by atoms with Gasteiger partial charge in [0.1, 0.15) is 0 Å². The molecule has 1 amide bonds. The van der Waals surface area contributed by atoms with Crippen molar-refractivity contribution in [2.45, 2.75) is 52.0 Å². The van der Waals surface area contributed by atoms with E-state index in [4.69, 9.17) is 6.57 Å². The summed E-state index contributed by atoms with van der Waals surface area (Å²) in [6.45, 7) is 16.6. The van der Waals surface area contributed by atoms with E-state index >= 15 is 0 Å². The fraction of sp³-hybridized carbons (Fsp3) is 0.579. The van der Waals surface area contributed by atoms with Crippen LogP contribution in [0, 0.1) is 20.4 Å². The molecule has 1 saturated carbocycles. The van der Waals surface area contributed by atoms with Crippen LogP contribution >= 0.6 is 0 Å². The quantitative estimate of drug-likeness (QED) is 0.602. The number of hydrogen-bond acceptors (Lipinski definition) is 1. The molecule has 24 heavy (non-hydrogen) atoms. The second-order valence-electron chi connectivity index (χ2n) is 7.17. The number of likely N-dealkylation sites (tertiary alicyclic amines) is 1. The molecule has 1 aromatic carbocycles. The Labute approximate surface area is 170 Å². The van der Waals surface area contributed by atoms with Gasteiger partial charge in [0, 0.05) is 64.1 Å². The summed E-state index contributed by atoms with van der Waals surface area (Å²) in [4.78, 5) is 16.6. The average Bonchev–Trinajstić information content (AvgIpc) is 3.22. The maximum Gasteiger partial charge on any atom is 0.285 e. The first-order chi connectivity index (χ1) is 11.0. The first-order valence-corrected chi connectivity index (χ1v) is 8.64. The molecule has 1 saturated heterocycles. The zero-order valence-corrected chi connectivity index (χ0v) is 17.8. The Morgan fingerprint density at radius 2 is 1.79 bits per heavy atom. The number of rotatable bonds is 4. The second kappa shape index (κ2) is 7.24. The number of nitrogens with zero attached hydrogens (tertiary/aromatic N) is 2. The minimum absolute atomic E-state index is 0. The summed E-state index contributed by atoms with van der Waals surface area (Å²) in [6.07, 6.45) is 4.48. The Balaban J connectivity index is 0.00000208. The van der Waals surface area contributed by atoms with Gasteiger partial charge in [-0.25, -0.2) is 4.85 Å². The standard InChI is InChI=1S/C19H25N3O.Y/c1-5-22(10-6-7-11-22)19(8-9-19)18(23)21-17-14(2)12-16(20-4)13-15(17)3;/h12-13H,5-11H2,1-3H3;/p+1. The largest absolute Gasteiger partial charge is 0.320 e. The Kier molecular flexibility index (Phi) is 5.90. The molecule has 5 heteroatoms. The molecular formula is C19H26N3OY+. The van der Waals surface area contributed by atoms with Crippen molar-refractivity contribution in [2.24, 2.45) is 0 Å². The number of benzene rings is 1. The minimum atomic E-state index is -0.206. The van der Waals surface area contributed by atoms with Crippen LogP contribution in [0.4, 0.5) is 11.4 Å². The van der Waals surface area contributed by atoms with Gasteiger partial charge in [-0.15, -0.1) is 0 Å². The Bertz CT molecular complexity index is 659. The Hall–Kier alpha value is -0.756. The van der Waals surface area contributed by atoms with Gasteiger partial charge in [0.25, 0.3) is 5.91 Å². The summed E-state index contributed by atoms with van der Waals surface area (Å²) < 4.78 is 0.969. The maximum atomic E-state index is 13.1. The number of quaternary nitrogens is 1. The topological polar surface area (TPSA) is 33.5 Å². The molecule has 2 aliphatic rings. The van der Waals surface area contributed by atoms with Gasteiger partial charge in [0.15, 0.2) is 11.2 Å². The molecule has 0 bridgehead atoms. The zero-order valence-electron chi connectivity index (χ0n) is 15.0. The van der Waals surface area contributed by atoms with Crippen molar-refractivity contribution >= 4 is 17.3 Å². The van der Waals surface area contributed by atoms with E-state index in [1.54, 1.807) is 0 Å². The Morgan fingerprint density at radius 3 is 2.21 bits per heavy atom. The molecule has 0 aromatic heterocycles. The SMILES string of the molecule is [C-]#[N+]c1cc(C)c(NC(=O)C2([N+]3(CC)CCCC3)CC2)c(C)c1.[Y]. The third-order valence-corrected chi connectivity index (χ3v) is 5.97. The van der Waals surface area contributed by atoms with Gasteiger partial charge in [-0.2, -0.15) is 0 Å². The fourth-order valence-corrected chi connectivity index (χ4v) is 4.46. The molecule has 1 radical (unpaired) electrons. The van der Waals surface area contributed by atoms with Crippen LogP contribution in [0.2, 0.25) is 0 Å². The number of hydrogen-bond donors (Lipinski definition) is 1. The van der Waals surface area contributed by atoms with Crippen LogP contribution in [0.3, 0.4) is 0 Å². The van der Waals surface area contributed by atoms with Crippen LogP contribution in [-0.4, -0.2) is 35.6 Å². The van der Waals surface area contributed by atoms with Crippen molar-refractivity contribution in [3.05, 3.63) is 34.7 Å². The smallest absolute Gasteiger partial charge is 0.285 e. The second-order valence-corrected chi connectivity index (χ2v) is 7.17. The summed E-state index contributed by atoms with van der Waals surface area (Å²) in [5.74, 6) is 0.183. The Morgan fingerprint density at radius 1 is 1.25 bits per heavy atom. The number of nitrogens with one attached hydrogen (secondary N) is 1. The van der Waals surface area contributed by atoms with Crippen LogP contribution in [0.5, 0.6) is 0 Å². The van der Waals surface area contributed by atoms with E-state index in [9.17, 15) is 4.79 Å². The van der Waals surface area contributed by atoms with Gasteiger partial charge in [0.2, 0.25) is 0 Å². The normalized spacial score (nSPS) is 19.9. The van der Waals surface area contributed by atoms with Crippen LogP contribution in [-0.2, 0) is 37.5 Å². The van der Waals surface area contributed by atoms with E-state index in [2.05, 4.69) is 17.1 Å². The van der Waals surface area contributed by atoms with Crippen molar-refractivity contribution < 1.29 is 42.0 Å². The molecule has 1 aromatic rings. The van der Waals surface area contributed by atoms with E-state index in [0.717, 1.165) is 53.8 Å². The van der Waals surface area contributed by atoms with Gasteiger partial charge >= 0.3 is 0 Å². The van der Waals surface area contributed by atoms with Crippen LogP contribution < -0.4 is 5.32 Å². The van der Waals surface area contributed by atoms with E-state index in [1.165, 1.54) is 12.8 Å². The van der Waals surface area contributed by atoms with E-state index in [0.29, 0.717) is 5.69 Å². The maximum absolute atomic E-state index is 13.1. The number of carbonyl (C=O) groups excluding carboxylic acids is 1. The summed E-state index contributed by atoms with van der Waals surface area (Å²) in [6, 6.07) is 3.71. The van der Waals surface area contributed by atoms with Gasteiger partial charge < -0.3 is 9.80 Å². The van der Waals surface area contributed by atoms with E-state index < -0.39 is 0 Å². The molecule has 1 aliphatic carbocycles. The molecule has 0 atom stereocenters. The van der Waals surface area contributed by atoms with Crippen molar-refractivity contribution in [3.8, 4) is 0 Å². The van der Waals surface area contributed by atoms with E-state index in [1.807, 2.05) is 26.0 Å². The fourth-order valence-electron chi connectivity index (χ4n) is 4.46. The molecule has 0 unspecified atom stereocenters. The van der Waals surface area contributed by atoms with E-state index in [-0.39, 0.29) is 44.2 Å². The number of carbonyl (C=O) groups is 1. The third kappa shape index (κ3) is 3.07. The van der Waals surface area contributed by atoms with Gasteiger partial charge in [-0.3, -0.25) is 4.79 Å².